The molecule has 96 valence electrons. The molecule has 0 unspecified atom stereocenters. The third-order valence-electron chi connectivity index (χ3n) is 3.32. The molecule has 3 heteroatoms. The van der Waals surface area contributed by atoms with Crippen molar-refractivity contribution in [3.05, 3.63) is 54.1 Å². The molecule has 19 heavy (non-hydrogen) atoms. The van der Waals surface area contributed by atoms with Crippen LogP contribution in [0, 0.1) is 6.92 Å². The van der Waals surface area contributed by atoms with E-state index in [9.17, 15) is 0 Å². The zero-order valence-electron chi connectivity index (χ0n) is 11.0. The van der Waals surface area contributed by atoms with E-state index in [0.717, 1.165) is 29.0 Å². The number of hydrogen-bond donors (Lipinski definition) is 1. The lowest BCUT2D eigenvalue weighted by molar-refractivity contribution is 0.735. The van der Waals surface area contributed by atoms with E-state index in [1.165, 1.54) is 5.56 Å². The van der Waals surface area contributed by atoms with E-state index in [1.807, 2.05) is 18.2 Å². The summed E-state index contributed by atoms with van der Waals surface area (Å²) in [4.78, 5) is 4.74. The zero-order valence-corrected chi connectivity index (χ0v) is 11.0. The Hall–Kier alpha value is -2.13. The van der Waals surface area contributed by atoms with Gasteiger partial charge in [0.25, 0.3) is 0 Å². The first-order valence-electron chi connectivity index (χ1n) is 6.52. The molecule has 0 amide bonds. The van der Waals surface area contributed by atoms with Crippen molar-refractivity contribution in [2.75, 3.05) is 6.54 Å². The minimum absolute atomic E-state index is 0.610. The Labute approximate surface area is 112 Å². The predicted molar refractivity (Wildman–Crippen MR) is 79.0 cm³/mol. The third kappa shape index (κ3) is 2.13. The minimum atomic E-state index is 0.610. The summed E-state index contributed by atoms with van der Waals surface area (Å²) in [6.07, 6.45) is 0. The molecule has 0 saturated heterocycles. The molecule has 0 bridgehead atoms. The van der Waals surface area contributed by atoms with Crippen LogP contribution >= 0.6 is 0 Å². The van der Waals surface area contributed by atoms with Gasteiger partial charge in [-0.2, -0.15) is 0 Å². The molecular formula is C16H17N3. The Kier molecular flexibility index (Phi) is 3.05. The van der Waals surface area contributed by atoms with E-state index in [-0.39, 0.29) is 0 Å². The van der Waals surface area contributed by atoms with Gasteiger partial charge >= 0.3 is 0 Å². The van der Waals surface area contributed by atoms with Crippen LogP contribution in [0.4, 0.5) is 0 Å². The van der Waals surface area contributed by atoms with E-state index >= 15 is 0 Å². The predicted octanol–water partition coefficient (Wildman–Crippen LogP) is 2.97. The highest BCUT2D eigenvalue weighted by atomic mass is 15.1. The Bertz CT molecular complexity index is 696. The van der Waals surface area contributed by atoms with Gasteiger partial charge in [0, 0.05) is 18.7 Å². The third-order valence-corrected chi connectivity index (χ3v) is 3.32. The van der Waals surface area contributed by atoms with Gasteiger partial charge in [0.2, 0.25) is 0 Å². The summed E-state index contributed by atoms with van der Waals surface area (Å²) in [6, 6.07) is 16.6. The van der Waals surface area contributed by atoms with Crippen molar-refractivity contribution >= 4 is 11.0 Å². The fourth-order valence-corrected chi connectivity index (χ4v) is 2.35. The summed E-state index contributed by atoms with van der Waals surface area (Å²) in [5.74, 6) is 0.992. The molecule has 2 aromatic carbocycles. The Morgan fingerprint density at radius 2 is 1.79 bits per heavy atom. The molecule has 0 atom stereocenters. The van der Waals surface area contributed by atoms with Crippen LogP contribution in [0.2, 0.25) is 0 Å². The van der Waals surface area contributed by atoms with E-state index in [4.69, 9.17) is 10.7 Å². The molecular weight excluding hydrogens is 234 g/mol. The van der Waals surface area contributed by atoms with Crippen LogP contribution in [-0.4, -0.2) is 16.1 Å². The van der Waals surface area contributed by atoms with E-state index in [0.29, 0.717) is 6.54 Å². The number of benzene rings is 2. The molecule has 0 fully saturated rings. The van der Waals surface area contributed by atoms with Gasteiger partial charge in [0.15, 0.2) is 0 Å². The number of nitrogens with zero attached hydrogens (tertiary/aromatic N) is 2. The van der Waals surface area contributed by atoms with Crippen molar-refractivity contribution in [1.29, 1.82) is 0 Å². The summed E-state index contributed by atoms with van der Waals surface area (Å²) in [6.45, 7) is 3.48. The Balaban J connectivity index is 2.21. The Morgan fingerprint density at radius 3 is 2.53 bits per heavy atom. The van der Waals surface area contributed by atoms with Crippen LogP contribution in [0.15, 0.2) is 48.5 Å². The van der Waals surface area contributed by atoms with Gasteiger partial charge in [-0.3, -0.25) is 0 Å². The largest absolute Gasteiger partial charge is 0.329 e. The summed E-state index contributed by atoms with van der Waals surface area (Å²) in [7, 11) is 0. The maximum atomic E-state index is 5.73. The first-order chi connectivity index (χ1) is 9.29. The maximum absolute atomic E-state index is 5.73. The van der Waals surface area contributed by atoms with Crippen LogP contribution in [0.3, 0.4) is 0 Å². The lowest BCUT2D eigenvalue weighted by atomic mass is 10.1. The van der Waals surface area contributed by atoms with Crippen molar-refractivity contribution in [3.8, 4) is 11.4 Å². The zero-order chi connectivity index (χ0) is 13.2. The lowest BCUT2D eigenvalue weighted by Crippen LogP contribution is -2.10. The molecule has 3 rings (SSSR count). The molecule has 0 aliphatic heterocycles. The molecule has 1 heterocycles. The fourth-order valence-electron chi connectivity index (χ4n) is 2.35. The second kappa shape index (κ2) is 4.86. The molecule has 0 aliphatic carbocycles. The SMILES string of the molecule is Cc1ccc(-c2nc3ccccc3n2CCN)cc1. The molecule has 1 aromatic heterocycles. The summed E-state index contributed by atoms with van der Waals surface area (Å²) in [5, 5.41) is 0. The number of aromatic nitrogens is 2. The van der Waals surface area contributed by atoms with Crippen molar-refractivity contribution in [2.45, 2.75) is 13.5 Å². The van der Waals surface area contributed by atoms with E-state index < -0.39 is 0 Å². The van der Waals surface area contributed by atoms with Crippen molar-refractivity contribution in [2.24, 2.45) is 5.73 Å². The van der Waals surface area contributed by atoms with Gasteiger partial charge in [-0.15, -0.1) is 0 Å². The molecule has 0 spiro atoms. The topological polar surface area (TPSA) is 43.8 Å². The standard InChI is InChI=1S/C16H17N3/c1-12-6-8-13(9-7-12)16-18-14-4-2-3-5-15(14)19(16)11-10-17/h2-9H,10-11,17H2,1H3. The monoisotopic (exact) mass is 251 g/mol. The number of nitrogens with two attached hydrogens (primary N) is 1. The highest BCUT2D eigenvalue weighted by molar-refractivity contribution is 5.80. The number of aryl methyl sites for hydroxylation is 1. The summed E-state index contributed by atoms with van der Waals surface area (Å²) in [5.41, 5.74) is 10.3. The van der Waals surface area contributed by atoms with Gasteiger partial charge < -0.3 is 10.3 Å². The van der Waals surface area contributed by atoms with E-state index in [1.54, 1.807) is 0 Å². The normalized spacial score (nSPS) is 11.1. The smallest absolute Gasteiger partial charge is 0.141 e. The first-order valence-corrected chi connectivity index (χ1v) is 6.52. The van der Waals surface area contributed by atoms with Crippen molar-refractivity contribution < 1.29 is 0 Å². The van der Waals surface area contributed by atoms with Crippen LogP contribution < -0.4 is 5.73 Å². The average Bonchev–Trinajstić information content (AvgIpc) is 2.79. The highest BCUT2D eigenvalue weighted by Crippen LogP contribution is 2.24. The second-order valence-corrected chi connectivity index (χ2v) is 4.73. The molecule has 0 saturated carbocycles. The molecule has 3 nitrogen and oxygen atoms in total. The van der Waals surface area contributed by atoms with Gasteiger partial charge in [-0.1, -0.05) is 42.0 Å². The average molecular weight is 251 g/mol. The first kappa shape index (κ1) is 11.9. The second-order valence-electron chi connectivity index (χ2n) is 4.73. The fraction of sp³-hybridized carbons (Fsp3) is 0.188. The van der Waals surface area contributed by atoms with Crippen LogP contribution in [0.5, 0.6) is 0 Å². The van der Waals surface area contributed by atoms with Gasteiger partial charge in [0.05, 0.1) is 11.0 Å². The number of para-hydroxylation sites is 2. The number of fused-ring (bicyclic) bond motifs is 1. The van der Waals surface area contributed by atoms with Crippen LogP contribution in [0.25, 0.3) is 22.4 Å². The maximum Gasteiger partial charge on any atom is 0.141 e. The Morgan fingerprint density at radius 1 is 1.05 bits per heavy atom. The highest BCUT2D eigenvalue weighted by Gasteiger charge is 2.11. The number of imidazole rings is 1. The summed E-state index contributed by atoms with van der Waals surface area (Å²) < 4.78 is 2.19. The van der Waals surface area contributed by atoms with Crippen LogP contribution in [0.1, 0.15) is 5.56 Å². The molecule has 3 aromatic rings. The molecule has 0 radical (unpaired) electrons. The van der Waals surface area contributed by atoms with Gasteiger partial charge in [-0.25, -0.2) is 4.98 Å². The van der Waals surface area contributed by atoms with E-state index in [2.05, 4.69) is 41.8 Å². The molecule has 0 aliphatic rings. The minimum Gasteiger partial charge on any atom is -0.329 e. The van der Waals surface area contributed by atoms with Gasteiger partial charge in [-0.05, 0) is 19.1 Å². The molecule has 2 N–H and O–H groups in total. The van der Waals surface area contributed by atoms with Gasteiger partial charge in [0.1, 0.15) is 5.82 Å². The quantitative estimate of drug-likeness (QED) is 0.777. The number of hydrogen-bond acceptors (Lipinski definition) is 2. The van der Waals surface area contributed by atoms with Crippen LogP contribution in [-0.2, 0) is 6.54 Å². The summed E-state index contributed by atoms with van der Waals surface area (Å²) >= 11 is 0. The number of rotatable bonds is 3. The van der Waals surface area contributed by atoms with Crippen molar-refractivity contribution in [1.82, 2.24) is 9.55 Å². The van der Waals surface area contributed by atoms with Crippen molar-refractivity contribution in [3.63, 3.8) is 0 Å². The lowest BCUT2D eigenvalue weighted by Gasteiger charge is -2.07.